The second kappa shape index (κ2) is 10.7. The van der Waals surface area contributed by atoms with Gasteiger partial charge in [-0.15, -0.1) is 0 Å². The molecule has 0 spiro atoms. The third kappa shape index (κ3) is 5.30. The largest absolute Gasteiger partial charge is 0.392 e. The summed E-state index contributed by atoms with van der Waals surface area (Å²) in [6, 6.07) is 3.46. The van der Waals surface area contributed by atoms with Gasteiger partial charge in [-0.2, -0.15) is 0 Å². The van der Waals surface area contributed by atoms with Gasteiger partial charge in [-0.25, -0.2) is 0 Å². The van der Waals surface area contributed by atoms with Gasteiger partial charge >= 0.3 is 0 Å². The summed E-state index contributed by atoms with van der Waals surface area (Å²) in [7, 11) is 0. The molecule has 3 N–H and O–H groups in total. The maximum Gasteiger partial charge on any atom is 0.251 e. The van der Waals surface area contributed by atoms with Gasteiger partial charge in [0.15, 0.2) is 0 Å². The van der Waals surface area contributed by atoms with Crippen molar-refractivity contribution in [3.05, 3.63) is 30.1 Å². The van der Waals surface area contributed by atoms with Crippen LogP contribution in [0.15, 0.2) is 24.5 Å². The number of fused-ring (bicyclic) bond motifs is 1. The van der Waals surface area contributed by atoms with Crippen molar-refractivity contribution in [2.45, 2.75) is 71.4 Å². The fourth-order valence-corrected chi connectivity index (χ4v) is 6.95. The second-order valence-electron chi connectivity index (χ2n) is 11.2. The average molecular weight is 471 g/mol. The third-order valence-corrected chi connectivity index (χ3v) is 9.13. The molecule has 0 radical (unpaired) electrons. The minimum absolute atomic E-state index is 0.0109. The lowest BCUT2D eigenvalue weighted by atomic mass is 9.51. The minimum Gasteiger partial charge on any atom is -0.392 e. The molecule has 1 aliphatic heterocycles. The number of hydrogen-bond donors (Lipinski definition) is 3. The van der Waals surface area contributed by atoms with Crippen LogP contribution >= 0.6 is 0 Å². The molecular weight excluding hydrogens is 428 g/mol. The van der Waals surface area contributed by atoms with Gasteiger partial charge in [0.2, 0.25) is 5.91 Å². The molecule has 3 fully saturated rings. The summed E-state index contributed by atoms with van der Waals surface area (Å²) >= 11 is 0. The molecule has 0 bridgehead atoms. The van der Waals surface area contributed by atoms with E-state index in [1.54, 1.807) is 24.5 Å². The van der Waals surface area contributed by atoms with E-state index in [0.717, 1.165) is 45.3 Å². The highest BCUT2D eigenvalue weighted by Gasteiger charge is 2.53. The zero-order valence-electron chi connectivity index (χ0n) is 21.0. The summed E-state index contributed by atoms with van der Waals surface area (Å²) in [5.74, 6) is -0.122. The number of nitrogens with one attached hydrogen (secondary N) is 2. The number of nitrogens with zero attached hydrogens (tertiary/aromatic N) is 2. The van der Waals surface area contributed by atoms with Crippen LogP contribution in [0.2, 0.25) is 0 Å². The fourth-order valence-electron chi connectivity index (χ4n) is 6.95. The maximum atomic E-state index is 12.9. The van der Waals surface area contributed by atoms with Crippen molar-refractivity contribution in [2.75, 3.05) is 26.2 Å². The van der Waals surface area contributed by atoms with Crippen LogP contribution in [0.25, 0.3) is 0 Å². The highest BCUT2D eigenvalue weighted by Crippen LogP contribution is 2.55. The van der Waals surface area contributed by atoms with E-state index in [9.17, 15) is 14.7 Å². The van der Waals surface area contributed by atoms with E-state index in [1.165, 1.54) is 12.8 Å². The molecule has 7 heteroatoms. The summed E-state index contributed by atoms with van der Waals surface area (Å²) < 4.78 is 0. The number of carbonyl (C=O) groups excluding carboxylic acids is 2. The number of likely N-dealkylation sites (tertiary alicyclic amines) is 1. The first-order chi connectivity index (χ1) is 16.3. The van der Waals surface area contributed by atoms with Gasteiger partial charge in [-0.05, 0) is 86.9 Å². The molecule has 2 aliphatic carbocycles. The van der Waals surface area contributed by atoms with Crippen molar-refractivity contribution in [3.63, 3.8) is 0 Å². The predicted octanol–water partition coefficient (Wildman–Crippen LogP) is 2.85. The molecule has 3 aliphatic rings. The normalized spacial score (nSPS) is 34.8. The van der Waals surface area contributed by atoms with Crippen LogP contribution in [0.3, 0.4) is 0 Å². The van der Waals surface area contributed by atoms with Gasteiger partial charge in [0, 0.05) is 43.0 Å². The zero-order chi connectivity index (χ0) is 24.3. The number of pyridine rings is 1. The number of aromatic nitrogens is 1. The number of aliphatic hydroxyl groups excluding tert-OH is 1. The Labute approximate surface area is 204 Å². The molecule has 2 heterocycles. The third-order valence-electron chi connectivity index (χ3n) is 9.13. The number of carbonyl (C=O) groups is 2. The first-order valence-electron chi connectivity index (χ1n) is 13.2. The number of amides is 2. The quantitative estimate of drug-likeness (QED) is 0.570. The topological polar surface area (TPSA) is 94.6 Å². The lowest BCUT2D eigenvalue weighted by Crippen LogP contribution is -2.58. The molecule has 2 saturated carbocycles. The van der Waals surface area contributed by atoms with Crippen LogP contribution in [0, 0.1) is 29.1 Å². The molecule has 7 atom stereocenters. The molecule has 188 valence electrons. The Bertz CT molecular complexity index is 844. The molecule has 1 saturated heterocycles. The summed E-state index contributed by atoms with van der Waals surface area (Å²) in [4.78, 5) is 32.1. The Balaban J connectivity index is 1.37. The first kappa shape index (κ1) is 25.1. The smallest absolute Gasteiger partial charge is 0.251 e. The molecule has 4 rings (SSSR count). The van der Waals surface area contributed by atoms with Gasteiger partial charge in [0.05, 0.1) is 6.10 Å². The average Bonchev–Trinajstić information content (AvgIpc) is 3.35. The first-order valence-corrected chi connectivity index (χ1v) is 13.2. The van der Waals surface area contributed by atoms with E-state index in [4.69, 9.17) is 0 Å². The van der Waals surface area contributed by atoms with Crippen LogP contribution in [0.1, 0.15) is 69.7 Å². The van der Waals surface area contributed by atoms with Gasteiger partial charge in [0.25, 0.3) is 5.91 Å². The zero-order valence-corrected chi connectivity index (χ0v) is 21.0. The van der Waals surface area contributed by atoms with Gasteiger partial charge < -0.3 is 20.6 Å². The Morgan fingerprint density at radius 1 is 1.21 bits per heavy atom. The maximum absolute atomic E-state index is 12.9. The standard InChI is InChI=1S/C27H42N4O3/c1-18(25(33)29-14-17-31-15-4-5-16-31)21-6-10-27(3)11-7-22(19(2)23(27)24(21)32)30-26(34)20-8-12-28-13-9-20/h8-9,12-13,18-19,21-24,32H,4-7,10-11,14-17H2,1-3H3,(H,29,33)(H,30,34)/t18-,19-,21+,22-,23+,24-,27+/m0/s1. The van der Waals surface area contributed by atoms with Crippen LogP contribution in [0.4, 0.5) is 0 Å². The lowest BCUT2D eigenvalue weighted by molar-refractivity contribution is -0.141. The Kier molecular flexibility index (Phi) is 7.93. The van der Waals surface area contributed by atoms with E-state index in [-0.39, 0.29) is 46.9 Å². The summed E-state index contributed by atoms with van der Waals surface area (Å²) in [6.07, 6.45) is 8.98. The van der Waals surface area contributed by atoms with Crippen LogP contribution in [-0.2, 0) is 4.79 Å². The predicted molar refractivity (Wildman–Crippen MR) is 132 cm³/mol. The fraction of sp³-hybridized carbons (Fsp3) is 0.741. The van der Waals surface area contributed by atoms with E-state index in [2.05, 4.69) is 34.4 Å². The van der Waals surface area contributed by atoms with Crippen molar-refractivity contribution in [1.82, 2.24) is 20.5 Å². The Morgan fingerprint density at radius 2 is 1.88 bits per heavy atom. The van der Waals surface area contributed by atoms with Crippen molar-refractivity contribution in [2.24, 2.45) is 29.1 Å². The second-order valence-corrected chi connectivity index (χ2v) is 11.2. The number of aliphatic hydroxyl groups is 1. The molecule has 2 amide bonds. The van der Waals surface area contributed by atoms with Crippen LogP contribution in [0.5, 0.6) is 0 Å². The molecule has 1 aromatic rings. The van der Waals surface area contributed by atoms with E-state index in [1.807, 2.05) is 6.92 Å². The molecule has 34 heavy (non-hydrogen) atoms. The van der Waals surface area contributed by atoms with E-state index < -0.39 is 6.10 Å². The summed E-state index contributed by atoms with van der Waals surface area (Å²) in [5.41, 5.74) is 0.649. The van der Waals surface area contributed by atoms with Crippen LogP contribution < -0.4 is 10.6 Å². The van der Waals surface area contributed by atoms with Crippen molar-refractivity contribution < 1.29 is 14.7 Å². The highest BCUT2D eigenvalue weighted by atomic mass is 16.3. The van der Waals surface area contributed by atoms with Crippen molar-refractivity contribution >= 4 is 11.8 Å². The Hall–Kier alpha value is -1.99. The molecular formula is C27H42N4O3. The van der Waals surface area contributed by atoms with E-state index in [0.29, 0.717) is 12.1 Å². The number of rotatable bonds is 7. The molecule has 1 aromatic heterocycles. The SMILES string of the molecule is C[C@@H]1[C@@H]2[C@@H](O)[C@@H]([C@H](C)C(=O)NCCN3CCCC3)CC[C@]2(C)CC[C@@H]1NC(=O)c1ccncc1. The molecule has 0 aromatic carbocycles. The highest BCUT2D eigenvalue weighted by molar-refractivity contribution is 5.94. The van der Waals surface area contributed by atoms with Gasteiger partial charge in [-0.1, -0.05) is 20.8 Å². The Morgan fingerprint density at radius 3 is 2.59 bits per heavy atom. The molecule has 0 unspecified atom stereocenters. The van der Waals surface area contributed by atoms with Gasteiger partial charge in [0.1, 0.15) is 0 Å². The summed E-state index contributed by atoms with van der Waals surface area (Å²) in [6.45, 7) is 10.3. The number of hydrogen-bond acceptors (Lipinski definition) is 5. The lowest BCUT2D eigenvalue weighted by Gasteiger charge is -2.56. The van der Waals surface area contributed by atoms with Crippen molar-refractivity contribution in [3.8, 4) is 0 Å². The minimum atomic E-state index is -0.547. The van der Waals surface area contributed by atoms with Gasteiger partial charge in [-0.3, -0.25) is 14.6 Å². The monoisotopic (exact) mass is 470 g/mol. The summed E-state index contributed by atoms with van der Waals surface area (Å²) in [5, 5.41) is 17.9. The van der Waals surface area contributed by atoms with Crippen LogP contribution in [-0.4, -0.2) is 65.1 Å². The van der Waals surface area contributed by atoms with E-state index >= 15 is 0 Å². The van der Waals surface area contributed by atoms with Crippen molar-refractivity contribution in [1.29, 1.82) is 0 Å². The molecule has 7 nitrogen and oxygen atoms in total.